The molecule has 0 spiro atoms. The van der Waals surface area contributed by atoms with Gasteiger partial charge in [0.1, 0.15) is 5.82 Å². The maximum atomic E-state index is 12.6. The van der Waals surface area contributed by atoms with Gasteiger partial charge in [-0.25, -0.2) is 4.98 Å². The Bertz CT molecular complexity index is 1200. The van der Waals surface area contributed by atoms with Crippen molar-refractivity contribution in [3.8, 4) is 11.1 Å². The molecule has 0 unspecified atom stereocenters. The third-order valence-electron chi connectivity index (χ3n) is 5.80. The minimum atomic E-state index is -4.89. The summed E-state index contributed by atoms with van der Waals surface area (Å²) in [6, 6.07) is 6.51. The predicted molar refractivity (Wildman–Crippen MR) is 129 cm³/mol. The van der Waals surface area contributed by atoms with Crippen molar-refractivity contribution in [2.45, 2.75) is 50.5 Å². The van der Waals surface area contributed by atoms with E-state index in [1.165, 1.54) is 0 Å². The topological polar surface area (TPSA) is 117 Å². The summed E-state index contributed by atoms with van der Waals surface area (Å²) in [6.07, 6.45) is 2.08. The molecule has 4 N–H and O–H groups in total. The molecule has 192 valence electrons. The van der Waals surface area contributed by atoms with Crippen LogP contribution in [0.2, 0.25) is 5.02 Å². The van der Waals surface area contributed by atoms with Crippen molar-refractivity contribution >= 4 is 35.0 Å². The molecule has 3 aromatic rings. The first kappa shape index (κ1) is 25.7. The van der Waals surface area contributed by atoms with E-state index in [0.29, 0.717) is 60.3 Å². The molecule has 1 fully saturated rings. The van der Waals surface area contributed by atoms with Gasteiger partial charge in [-0.3, -0.25) is 9.48 Å². The number of anilines is 3. The van der Waals surface area contributed by atoms with Gasteiger partial charge < -0.3 is 21.1 Å². The highest BCUT2D eigenvalue weighted by Crippen LogP contribution is 2.31. The lowest BCUT2D eigenvalue weighted by molar-refractivity contribution is -0.174. The SMILES string of the molecule is O=C(NC1CCC(Nc2nc(Nc3cccc(Cl)c3)ncc2-c2cnn(CCO)c2)CC1)C(F)(F)F. The number of nitrogens with one attached hydrogen (secondary N) is 3. The van der Waals surface area contributed by atoms with Crippen LogP contribution in [0.1, 0.15) is 25.7 Å². The molecule has 2 aromatic heterocycles. The summed E-state index contributed by atoms with van der Waals surface area (Å²) in [5.41, 5.74) is 2.13. The molecule has 0 radical (unpaired) electrons. The van der Waals surface area contributed by atoms with Gasteiger partial charge in [0.05, 0.1) is 19.3 Å². The van der Waals surface area contributed by atoms with E-state index in [-0.39, 0.29) is 12.6 Å². The van der Waals surface area contributed by atoms with Crippen molar-refractivity contribution in [2.75, 3.05) is 17.2 Å². The van der Waals surface area contributed by atoms with Crippen LogP contribution in [-0.2, 0) is 11.3 Å². The van der Waals surface area contributed by atoms with E-state index < -0.39 is 18.1 Å². The molecular formula is C23H25ClF3N7O2. The van der Waals surface area contributed by atoms with Crippen LogP contribution in [0.4, 0.5) is 30.6 Å². The van der Waals surface area contributed by atoms with Crippen LogP contribution in [0.5, 0.6) is 0 Å². The van der Waals surface area contributed by atoms with Crippen LogP contribution >= 0.6 is 11.6 Å². The number of aliphatic hydroxyl groups is 1. The van der Waals surface area contributed by atoms with Crippen molar-refractivity contribution < 1.29 is 23.1 Å². The first-order valence-corrected chi connectivity index (χ1v) is 11.8. The summed E-state index contributed by atoms with van der Waals surface area (Å²) >= 11 is 6.06. The third-order valence-corrected chi connectivity index (χ3v) is 6.04. The molecule has 9 nitrogen and oxygen atoms in total. The molecule has 13 heteroatoms. The second-order valence-corrected chi connectivity index (χ2v) is 8.91. The lowest BCUT2D eigenvalue weighted by Gasteiger charge is -2.30. The number of aliphatic hydroxyl groups excluding tert-OH is 1. The fourth-order valence-corrected chi connectivity index (χ4v) is 4.22. The van der Waals surface area contributed by atoms with E-state index in [0.717, 1.165) is 5.56 Å². The first-order chi connectivity index (χ1) is 17.2. The zero-order valence-electron chi connectivity index (χ0n) is 19.1. The van der Waals surface area contributed by atoms with Gasteiger partial charge in [-0.1, -0.05) is 17.7 Å². The number of rotatable bonds is 8. The van der Waals surface area contributed by atoms with E-state index in [2.05, 4.69) is 31.0 Å². The maximum absolute atomic E-state index is 12.6. The maximum Gasteiger partial charge on any atom is 0.471 e. The molecule has 0 saturated heterocycles. The summed E-state index contributed by atoms with van der Waals surface area (Å²) in [6.45, 7) is 0.283. The molecule has 2 heterocycles. The van der Waals surface area contributed by atoms with Crippen molar-refractivity contribution in [3.63, 3.8) is 0 Å². The molecule has 0 bridgehead atoms. The van der Waals surface area contributed by atoms with Crippen LogP contribution in [0.25, 0.3) is 11.1 Å². The molecule has 36 heavy (non-hydrogen) atoms. The van der Waals surface area contributed by atoms with Gasteiger partial charge in [0.25, 0.3) is 0 Å². The molecule has 1 aliphatic carbocycles. The summed E-state index contributed by atoms with van der Waals surface area (Å²) in [4.78, 5) is 20.3. The van der Waals surface area contributed by atoms with E-state index >= 15 is 0 Å². The van der Waals surface area contributed by atoms with Crippen molar-refractivity contribution in [1.29, 1.82) is 0 Å². The van der Waals surface area contributed by atoms with Crippen molar-refractivity contribution in [1.82, 2.24) is 25.1 Å². The van der Waals surface area contributed by atoms with Gasteiger partial charge in [0.15, 0.2) is 0 Å². The Morgan fingerprint density at radius 3 is 2.61 bits per heavy atom. The fourth-order valence-electron chi connectivity index (χ4n) is 4.03. The second-order valence-electron chi connectivity index (χ2n) is 8.47. The van der Waals surface area contributed by atoms with Gasteiger partial charge in [-0.05, 0) is 43.9 Å². The molecule has 0 aliphatic heterocycles. The van der Waals surface area contributed by atoms with Crippen LogP contribution in [0.15, 0.2) is 42.9 Å². The number of hydrogen-bond acceptors (Lipinski definition) is 7. The standard InChI is InChI=1S/C23H25ClF3N7O2/c24-15-2-1-3-18(10-15)32-22-28-12-19(14-11-29-34(13-14)8-9-35)20(33-22)30-16-4-6-17(7-5-16)31-21(36)23(25,26)27/h1-3,10-13,16-17,35H,4-9H2,(H,31,36)(H2,28,30,32,33). The average molecular weight is 524 g/mol. The number of aromatic nitrogens is 4. The highest BCUT2D eigenvalue weighted by molar-refractivity contribution is 6.30. The number of alkyl halides is 3. The van der Waals surface area contributed by atoms with Crippen LogP contribution < -0.4 is 16.0 Å². The lowest BCUT2D eigenvalue weighted by atomic mass is 9.91. The Labute approximate surface area is 210 Å². The van der Waals surface area contributed by atoms with Gasteiger partial charge in [-0.2, -0.15) is 23.3 Å². The van der Waals surface area contributed by atoms with Crippen LogP contribution in [0.3, 0.4) is 0 Å². The minimum Gasteiger partial charge on any atom is -0.394 e. The largest absolute Gasteiger partial charge is 0.471 e. The Hall–Kier alpha value is -3.38. The van der Waals surface area contributed by atoms with Gasteiger partial charge in [-0.15, -0.1) is 0 Å². The molecule has 1 aliphatic rings. The smallest absolute Gasteiger partial charge is 0.394 e. The van der Waals surface area contributed by atoms with Crippen LogP contribution in [-0.4, -0.2) is 55.6 Å². The quantitative estimate of drug-likeness (QED) is 0.351. The van der Waals surface area contributed by atoms with Gasteiger partial charge in [0, 0.05) is 46.3 Å². The Kier molecular flexibility index (Phi) is 7.94. The normalized spacial score (nSPS) is 18.0. The highest BCUT2D eigenvalue weighted by Gasteiger charge is 2.40. The van der Waals surface area contributed by atoms with E-state index in [1.54, 1.807) is 41.5 Å². The number of benzene rings is 1. The summed E-state index contributed by atoms with van der Waals surface area (Å²) < 4.78 is 39.3. The zero-order valence-corrected chi connectivity index (χ0v) is 19.9. The van der Waals surface area contributed by atoms with E-state index in [1.807, 2.05) is 6.07 Å². The Morgan fingerprint density at radius 2 is 1.92 bits per heavy atom. The lowest BCUT2D eigenvalue weighted by Crippen LogP contribution is -2.45. The average Bonchev–Trinajstić information content (AvgIpc) is 3.28. The van der Waals surface area contributed by atoms with Crippen molar-refractivity contribution in [3.05, 3.63) is 47.9 Å². The van der Waals surface area contributed by atoms with Crippen LogP contribution in [0, 0.1) is 0 Å². The highest BCUT2D eigenvalue weighted by atomic mass is 35.5. The number of halogens is 4. The fraction of sp³-hybridized carbons (Fsp3) is 0.391. The monoisotopic (exact) mass is 523 g/mol. The van der Waals surface area contributed by atoms with Gasteiger partial charge in [0.2, 0.25) is 5.95 Å². The molecule has 1 saturated carbocycles. The number of nitrogens with zero attached hydrogens (tertiary/aromatic N) is 4. The number of amides is 1. The first-order valence-electron chi connectivity index (χ1n) is 11.4. The summed E-state index contributed by atoms with van der Waals surface area (Å²) in [7, 11) is 0. The predicted octanol–water partition coefficient (Wildman–Crippen LogP) is 4.13. The zero-order chi connectivity index (χ0) is 25.7. The minimum absolute atomic E-state index is 0.0562. The second kappa shape index (κ2) is 11.1. The molecular weight excluding hydrogens is 499 g/mol. The number of carbonyl (C=O) groups is 1. The summed E-state index contributed by atoms with van der Waals surface area (Å²) in [5, 5.41) is 22.6. The Morgan fingerprint density at radius 1 is 1.17 bits per heavy atom. The van der Waals surface area contributed by atoms with Gasteiger partial charge >= 0.3 is 12.1 Å². The molecule has 4 rings (SSSR count). The molecule has 1 amide bonds. The van der Waals surface area contributed by atoms with E-state index in [9.17, 15) is 23.1 Å². The Balaban J connectivity index is 1.51. The number of hydrogen-bond donors (Lipinski definition) is 4. The molecule has 1 aromatic carbocycles. The summed E-state index contributed by atoms with van der Waals surface area (Å²) in [5.74, 6) is -1.05. The third kappa shape index (κ3) is 6.64. The van der Waals surface area contributed by atoms with Crippen molar-refractivity contribution in [2.24, 2.45) is 0 Å². The van der Waals surface area contributed by atoms with E-state index in [4.69, 9.17) is 11.6 Å². The molecule has 0 atom stereocenters. The number of carbonyl (C=O) groups excluding carboxylic acids is 1.